The van der Waals surface area contributed by atoms with Gasteiger partial charge in [0.05, 0.1) is 17.4 Å². The van der Waals surface area contributed by atoms with Gasteiger partial charge in [0, 0.05) is 32.2 Å². The fourth-order valence-corrected chi connectivity index (χ4v) is 5.59. The predicted molar refractivity (Wildman–Crippen MR) is 94.7 cm³/mol. The molecule has 2 saturated heterocycles. The first-order chi connectivity index (χ1) is 11.5. The SMILES string of the molecule is CCC(C(=O)N1CCN(C2CCS(=O)(=O)C2)CC1)c1ccccc1. The molecule has 6 heteroatoms. The van der Waals surface area contributed by atoms with Crippen molar-refractivity contribution in [1.29, 1.82) is 0 Å². The molecule has 24 heavy (non-hydrogen) atoms. The van der Waals surface area contributed by atoms with E-state index in [4.69, 9.17) is 0 Å². The van der Waals surface area contributed by atoms with Crippen LogP contribution in [-0.4, -0.2) is 67.9 Å². The summed E-state index contributed by atoms with van der Waals surface area (Å²) in [7, 11) is -2.85. The lowest BCUT2D eigenvalue weighted by molar-refractivity contribution is -0.135. The summed E-state index contributed by atoms with van der Waals surface area (Å²) in [5, 5.41) is 0. The standard InChI is InChI=1S/C18H26N2O3S/c1-2-17(15-6-4-3-5-7-15)18(21)20-11-9-19(10-12-20)16-8-13-24(22,23)14-16/h3-7,16-17H,2,8-14H2,1H3. The molecule has 2 atom stereocenters. The van der Waals surface area contributed by atoms with Gasteiger partial charge in [0.15, 0.2) is 9.84 Å². The molecule has 3 rings (SSSR count). The van der Waals surface area contributed by atoms with Crippen molar-refractivity contribution in [2.45, 2.75) is 31.7 Å². The molecular weight excluding hydrogens is 324 g/mol. The maximum atomic E-state index is 12.9. The Morgan fingerprint density at radius 1 is 1.17 bits per heavy atom. The normalized spacial score (nSPS) is 25.5. The average molecular weight is 350 g/mol. The fourth-order valence-electron chi connectivity index (χ4n) is 3.83. The van der Waals surface area contributed by atoms with Crippen LogP contribution in [0, 0.1) is 0 Å². The van der Waals surface area contributed by atoms with Gasteiger partial charge in [-0.3, -0.25) is 9.69 Å². The first-order valence-electron chi connectivity index (χ1n) is 8.78. The molecule has 5 nitrogen and oxygen atoms in total. The summed E-state index contributed by atoms with van der Waals surface area (Å²) < 4.78 is 23.3. The number of carbonyl (C=O) groups is 1. The van der Waals surface area contributed by atoms with Crippen molar-refractivity contribution < 1.29 is 13.2 Å². The van der Waals surface area contributed by atoms with Crippen LogP contribution in [0.5, 0.6) is 0 Å². The van der Waals surface area contributed by atoms with E-state index >= 15 is 0 Å². The second-order valence-corrected chi connectivity index (χ2v) is 9.02. The number of rotatable bonds is 4. The molecule has 2 unspecified atom stereocenters. The van der Waals surface area contributed by atoms with Crippen LogP contribution in [0.3, 0.4) is 0 Å². The number of carbonyl (C=O) groups excluding carboxylic acids is 1. The Kier molecular flexibility index (Phi) is 5.25. The zero-order valence-corrected chi connectivity index (χ0v) is 15.0. The molecule has 0 aliphatic carbocycles. The molecule has 0 spiro atoms. The maximum Gasteiger partial charge on any atom is 0.230 e. The first-order valence-corrected chi connectivity index (χ1v) is 10.6. The lowest BCUT2D eigenvalue weighted by Gasteiger charge is -2.38. The van der Waals surface area contributed by atoms with E-state index in [1.165, 1.54) is 0 Å². The Morgan fingerprint density at radius 3 is 2.38 bits per heavy atom. The lowest BCUT2D eigenvalue weighted by atomic mass is 9.94. The van der Waals surface area contributed by atoms with E-state index in [-0.39, 0.29) is 23.6 Å². The highest BCUT2D eigenvalue weighted by molar-refractivity contribution is 7.91. The van der Waals surface area contributed by atoms with Gasteiger partial charge in [-0.1, -0.05) is 37.3 Å². The van der Waals surface area contributed by atoms with Crippen molar-refractivity contribution >= 4 is 15.7 Å². The Labute approximate surface area is 144 Å². The minimum absolute atomic E-state index is 0.0791. The summed E-state index contributed by atoms with van der Waals surface area (Å²) in [5.74, 6) is 0.706. The quantitative estimate of drug-likeness (QED) is 0.826. The van der Waals surface area contributed by atoms with Crippen LogP contribution in [0.25, 0.3) is 0 Å². The third-order valence-electron chi connectivity index (χ3n) is 5.26. The lowest BCUT2D eigenvalue weighted by Crippen LogP contribution is -2.53. The molecule has 0 saturated carbocycles. The molecule has 1 aromatic carbocycles. The minimum atomic E-state index is -2.85. The molecule has 2 heterocycles. The topological polar surface area (TPSA) is 57.7 Å². The van der Waals surface area contributed by atoms with E-state index in [9.17, 15) is 13.2 Å². The zero-order valence-electron chi connectivity index (χ0n) is 14.2. The number of benzene rings is 1. The summed E-state index contributed by atoms with van der Waals surface area (Å²) in [6.07, 6.45) is 1.53. The smallest absolute Gasteiger partial charge is 0.230 e. The number of sulfone groups is 1. The number of hydrogen-bond donors (Lipinski definition) is 0. The Balaban J connectivity index is 1.59. The monoisotopic (exact) mass is 350 g/mol. The highest BCUT2D eigenvalue weighted by Crippen LogP contribution is 2.24. The minimum Gasteiger partial charge on any atom is -0.340 e. The van der Waals surface area contributed by atoms with Crippen molar-refractivity contribution in [3.05, 3.63) is 35.9 Å². The van der Waals surface area contributed by atoms with Gasteiger partial charge in [0.2, 0.25) is 5.91 Å². The van der Waals surface area contributed by atoms with E-state index in [1.807, 2.05) is 35.2 Å². The van der Waals surface area contributed by atoms with E-state index in [0.29, 0.717) is 18.8 Å². The largest absolute Gasteiger partial charge is 0.340 e. The fraction of sp³-hybridized carbons (Fsp3) is 0.611. The molecule has 0 radical (unpaired) electrons. The van der Waals surface area contributed by atoms with Gasteiger partial charge in [-0.15, -0.1) is 0 Å². The molecule has 1 amide bonds. The molecule has 0 bridgehead atoms. The molecule has 0 N–H and O–H groups in total. The van der Waals surface area contributed by atoms with Crippen molar-refractivity contribution in [3.63, 3.8) is 0 Å². The number of hydrogen-bond acceptors (Lipinski definition) is 4. The van der Waals surface area contributed by atoms with E-state index < -0.39 is 9.84 Å². The van der Waals surface area contributed by atoms with Crippen molar-refractivity contribution in [1.82, 2.24) is 9.80 Å². The van der Waals surface area contributed by atoms with Crippen LogP contribution in [0.1, 0.15) is 31.2 Å². The Morgan fingerprint density at radius 2 is 1.83 bits per heavy atom. The predicted octanol–water partition coefficient (Wildman–Crippen LogP) is 1.51. The molecule has 2 fully saturated rings. The highest BCUT2D eigenvalue weighted by atomic mass is 32.2. The van der Waals surface area contributed by atoms with E-state index in [2.05, 4.69) is 11.8 Å². The second kappa shape index (κ2) is 7.23. The van der Waals surface area contributed by atoms with Crippen LogP contribution in [0.2, 0.25) is 0 Å². The van der Waals surface area contributed by atoms with Gasteiger partial charge >= 0.3 is 0 Å². The molecule has 1 aromatic rings. The summed E-state index contributed by atoms with van der Waals surface area (Å²) in [4.78, 5) is 17.1. The van der Waals surface area contributed by atoms with Crippen molar-refractivity contribution in [2.75, 3.05) is 37.7 Å². The molecule has 2 aliphatic rings. The van der Waals surface area contributed by atoms with Crippen LogP contribution in [-0.2, 0) is 14.6 Å². The van der Waals surface area contributed by atoms with Crippen LogP contribution in [0.4, 0.5) is 0 Å². The van der Waals surface area contributed by atoms with Crippen LogP contribution in [0.15, 0.2) is 30.3 Å². The Hall–Kier alpha value is -1.40. The van der Waals surface area contributed by atoms with E-state index in [0.717, 1.165) is 31.5 Å². The summed E-state index contributed by atoms with van der Waals surface area (Å²) in [6, 6.07) is 10.1. The van der Waals surface area contributed by atoms with Gasteiger partial charge < -0.3 is 4.90 Å². The zero-order chi connectivity index (χ0) is 17.2. The van der Waals surface area contributed by atoms with Gasteiger partial charge in [0.1, 0.15) is 0 Å². The van der Waals surface area contributed by atoms with Gasteiger partial charge in [-0.25, -0.2) is 8.42 Å². The summed E-state index contributed by atoms with van der Waals surface area (Å²) in [5.41, 5.74) is 1.08. The molecule has 132 valence electrons. The maximum absolute atomic E-state index is 12.9. The molecule has 2 aliphatic heterocycles. The third-order valence-corrected chi connectivity index (χ3v) is 7.01. The number of nitrogens with zero attached hydrogens (tertiary/aromatic N) is 2. The summed E-state index contributed by atoms with van der Waals surface area (Å²) >= 11 is 0. The van der Waals surface area contributed by atoms with E-state index in [1.54, 1.807) is 0 Å². The van der Waals surface area contributed by atoms with Crippen LogP contribution < -0.4 is 0 Å². The second-order valence-electron chi connectivity index (χ2n) is 6.79. The molecule has 0 aromatic heterocycles. The Bertz CT molecular complexity index is 667. The molecular formula is C18H26N2O3S. The average Bonchev–Trinajstić information content (AvgIpc) is 2.96. The summed E-state index contributed by atoms with van der Waals surface area (Å²) in [6.45, 7) is 4.99. The first kappa shape index (κ1) is 17.4. The van der Waals surface area contributed by atoms with Gasteiger partial charge in [-0.2, -0.15) is 0 Å². The highest BCUT2D eigenvalue weighted by Gasteiger charge is 2.35. The van der Waals surface area contributed by atoms with Gasteiger partial charge in [-0.05, 0) is 18.4 Å². The van der Waals surface area contributed by atoms with Gasteiger partial charge in [0.25, 0.3) is 0 Å². The van der Waals surface area contributed by atoms with Crippen molar-refractivity contribution in [2.24, 2.45) is 0 Å². The number of piperazine rings is 1. The van der Waals surface area contributed by atoms with Crippen molar-refractivity contribution in [3.8, 4) is 0 Å². The van der Waals surface area contributed by atoms with Crippen LogP contribution >= 0.6 is 0 Å². The number of amides is 1. The third kappa shape index (κ3) is 3.81.